The van der Waals surface area contributed by atoms with Crippen molar-refractivity contribution in [3.8, 4) is 11.5 Å². The second-order valence-electron chi connectivity index (χ2n) is 14.5. The average Bonchev–Trinajstić information content (AvgIpc) is 3.72. The lowest BCUT2D eigenvalue weighted by Gasteiger charge is -2.60. The summed E-state index contributed by atoms with van der Waals surface area (Å²) in [5.74, 6) is 1.32. The third-order valence-electron chi connectivity index (χ3n) is 12.4. The minimum absolute atomic E-state index is 0.0606. The lowest BCUT2D eigenvalue weighted by Crippen LogP contribution is -2.69. The maximum atomic E-state index is 13.5. The van der Waals surface area contributed by atoms with Crippen LogP contribution in [-0.4, -0.2) is 53.8 Å². The van der Waals surface area contributed by atoms with Crippen LogP contribution in [0.1, 0.15) is 119 Å². The van der Waals surface area contributed by atoms with Gasteiger partial charge in [-0.05, 0) is 106 Å². The highest BCUT2D eigenvalue weighted by molar-refractivity contribution is 5.98. The largest absolute Gasteiger partial charge is 0.457 e. The Hall–Kier alpha value is -2.12. The molecule has 41 heavy (non-hydrogen) atoms. The number of aliphatic hydroxyl groups is 1. The van der Waals surface area contributed by atoms with Gasteiger partial charge in [-0.15, -0.1) is 0 Å². The Morgan fingerprint density at radius 1 is 1.05 bits per heavy atom. The summed E-state index contributed by atoms with van der Waals surface area (Å²) in [7, 11) is 1.86. The zero-order valence-electron chi connectivity index (χ0n) is 24.9. The van der Waals surface area contributed by atoms with Crippen molar-refractivity contribution in [2.24, 2.45) is 17.8 Å². The second-order valence-corrected chi connectivity index (χ2v) is 14.5. The van der Waals surface area contributed by atoms with E-state index in [9.17, 15) is 14.7 Å². The van der Waals surface area contributed by atoms with Gasteiger partial charge in [0.2, 0.25) is 11.7 Å². The Morgan fingerprint density at radius 3 is 2.61 bits per heavy atom. The molecule has 5 atom stereocenters. The number of hydrogen-bond donors (Lipinski definition) is 1. The molecule has 7 heteroatoms. The molecule has 0 aromatic heterocycles. The maximum absolute atomic E-state index is 13.5. The maximum Gasteiger partial charge on any atom is 0.308 e. The first-order valence-corrected chi connectivity index (χ1v) is 16.7. The van der Waals surface area contributed by atoms with Gasteiger partial charge in [-0.1, -0.05) is 19.3 Å². The number of carbonyl (C=O) groups excluding carboxylic acids is 2. The lowest BCUT2D eigenvalue weighted by molar-refractivity contribution is -0.231. The van der Waals surface area contributed by atoms with Gasteiger partial charge in [0.05, 0.1) is 11.1 Å². The van der Waals surface area contributed by atoms with Crippen molar-refractivity contribution in [2.45, 2.75) is 126 Å². The van der Waals surface area contributed by atoms with E-state index in [1.165, 1.54) is 63.0 Å². The molecule has 1 N–H and O–H groups in total. The van der Waals surface area contributed by atoms with E-state index < -0.39 is 17.2 Å². The summed E-state index contributed by atoms with van der Waals surface area (Å²) in [4.78, 5) is 30.8. The number of anilines is 1. The van der Waals surface area contributed by atoms with Crippen LogP contribution in [0.4, 0.5) is 5.69 Å². The highest BCUT2D eigenvalue weighted by atomic mass is 16.6. The van der Waals surface area contributed by atoms with Crippen LogP contribution in [0, 0.1) is 17.8 Å². The number of likely N-dealkylation sites (tertiary alicyclic amines) is 1. The Kier molecular flexibility index (Phi) is 6.10. The highest BCUT2D eigenvalue weighted by Crippen LogP contribution is 2.70. The molecule has 8 rings (SSSR count). The summed E-state index contributed by atoms with van der Waals surface area (Å²) in [6, 6.07) is 0.375. The van der Waals surface area contributed by atoms with Crippen LogP contribution in [0.2, 0.25) is 0 Å². The van der Waals surface area contributed by atoms with Gasteiger partial charge in [-0.3, -0.25) is 14.5 Å². The molecule has 4 fully saturated rings. The van der Waals surface area contributed by atoms with Crippen molar-refractivity contribution in [2.75, 3.05) is 25.0 Å². The molecule has 1 unspecified atom stereocenters. The molecule has 3 heterocycles. The Balaban J connectivity index is 1.41. The van der Waals surface area contributed by atoms with E-state index in [1.807, 2.05) is 7.05 Å². The molecule has 0 radical (unpaired) electrons. The quantitative estimate of drug-likeness (QED) is 0.381. The van der Waals surface area contributed by atoms with Gasteiger partial charge in [0.15, 0.2) is 11.5 Å². The number of hydrogen-bond acceptors (Lipinski definition) is 6. The van der Waals surface area contributed by atoms with E-state index in [2.05, 4.69) is 4.90 Å². The normalized spacial score (nSPS) is 36.6. The number of esters is 1. The van der Waals surface area contributed by atoms with E-state index in [0.29, 0.717) is 48.1 Å². The fourth-order valence-electron chi connectivity index (χ4n) is 10.5. The summed E-state index contributed by atoms with van der Waals surface area (Å²) in [5, 5.41) is 12.5. The summed E-state index contributed by atoms with van der Waals surface area (Å²) < 4.78 is 12.9. The van der Waals surface area contributed by atoms with Crippen LogP contribution in [0.3, 0.4) is 0 Å². The van der Waals surface area contributed by atoms with Gasteiger partial charge in [0.1, 0.15) is 0 Å². The van der Waals surface area contributed by atoms with Crippen LogP contribution >= 0.6 is 0 Å². The van der Waals surface area contributed by atoms with Crippen molar-refractivity contribution in [1.29, 1.82) is 0 Å². The number of fused-ring (bicyclic) bond motifs is 2. The predicted molar refractivity (Wildman–Crippen MR) is 155 cm³/mol. The Labute approximate surface area is 243 Å². The van der Waals surface area contributed by atoms with E-state index in [1.54, 1.807) is 4.90 Å². The van der Waals surface area contributed by atoms with Crippen LogP contribution in [0.25, 0.3) is 0 Å². The first kappa shape index (κ1) is 26.5. The average molecular weight is 563 g/mol. The van der Waals surface area contributed by atoms with E-state index in [4.69, 9.17) is 9.47 Å². The summed E-state index contributed by atoms with van der Waals surface area (Å²) in [6.07, 6.45) is 15.7. The molecular formula is C34H46N2O5. The number of amides is 1. The number of ether oxygens (including phenoxy) is 2. The molecule has 1 amide bonds. The van der Waals surface area contributed by atoms with E-state index in [-0.39, 0.29) is 5.91 Å². The van der Waals surface area contributed by atoms with Crippen molar-refractivity contribution in [1.82, 2.24) is 4.90 Å². The van der Waals surface area contributed by atoms with Gasteiger partial charge in [-0.2, -0.15) is 0 Å². The van der Waals surface area contributed by atoms with Crippen LogP contribution < -0.4 is 14.4 Å². The molecule has 7 aliphatic rings. The van der Waals surface area contributed by atoms with Crippen LogP contribution in [0.5, 0.6) is 11.5 Å². The molecule has 1 spiro atoms. The molecule has 1 saturated heterocycles. The van der Waals surface area contributed by atoms with E-state index >= 15 is 0 Å². The summed E-state index contributed by atoms with van der Waals surface area (Å²) in [5.41, 5.74) is 3.98. The van der Waals surface area contributed by atoms with Crippen LogP contribution in [-0.2, 0) is 21.4 Å². The molecule has 2 bridgehead atoms. The van der Waals surface area contributed by atoms with Gasteiger partial charge in [0.25, 0.3) is 0 Å². The molecule has 3 saturated carbocycles. The SMILES string of the molecule is CC(=O)Oc1c2c3c(c4c1N(C)C(=O)CCCC4C1CCCCC1)C[C@@H]1[C@@H]4CCC[C@@](O)(O2)[C@]34CCN1CC1CC1. The monoisotopic (exact) mass is 562 g/mol. The second kappa shape index (κ2) is 9.44. The van der Waals surface area contributed by atoms with Gasteiger partial charge >= 0.3 is 5.97 Å². The molecule has 3 aliphatic heterocycles. The summed E-state index contributed by atoms with van der Waals surface area (Å²) >= 11 is 0. The highest BCUT2D eigenvalue weighted by Gasteiger charge is 2.71. The minimum Gasteiger partial charge on any atom is -0.457 e. The van der Waals surface area contributed by atoms with Crippen molar-refractivity contribution in [3.63, 3.8) is 0 Å². The molecule has 222 valence electrons. The lowest BCUT2D eigenvalue weighted by atomic mass is 9.49. The number of benzene rings is 1. The molecular weight excluding hydrogens is 516 g/mol. The fourth-order valence-corrected chi connectivity index (χ4v) is 10.5. The smallest absolute Gasteiger partial charge is 0.308 e. The van der Waals surface area contributed by atoms with E-state index in [0.717, 1.165) is 68.8 Å². The number of nitrogens with zero attached hydrogens (tertiary/aromatic N) is 2. The van der Waals surface area contributed by atoms with Gasteiger partial charge in [-0.25, -0.2) is 0 Å². The van der Waals surface area contributed by atoms with Crippen molar-refractivity contribution in [3.05, 3.63) is 16.7 Å². The van der Waals surface area contributed by atoms with Crippen LogP contribution in [0.15, 0.2) is 0 Å². The molecule has 7 nitrogen and oxygen atoms in total. The minimum atomic E-state index is -1.30. The molecule has 1 aromatic carbocycles. The Bertz CT molecular complexity index is 1280. The predicted octanol–water partition coefficient (Wildman–Crippen LogP) is 5.58. The first-order chi connectivity index (χ1) is 19.8. The third-order valence-corrected chi connectivity index (χ3v) is 12.4. The summed E-state index contributed by atoms with van der Waals surface area (Å²) in [6.45, 7) is 3.58. The van der Waals surface area contributed by atoms with Crippen molar-refractivity contribution >= 4 is 17.6 Å². The third kappa shape index (κ3) is 3.76. The molecule has 1 aromatic rings. The first-order valence-electron chi connectivity index (χ1n) is 16.7. The Morgan fingerprint density at radius 2 is 1.85 bits per heavy atom. The number of carbonyl (C=O) groups is 2. The van der Waals surface area contributed by atoms with Gasteiger partial charge in [0, 0.05) is 45.0 Å². The standard InChI is InChI=1S/C34H46N2O5/c1-20(37)40-32-30-28(23(22-8-4-3-5-9-22)10-6-12-27(38)35(30)2)24-18-26-25-11-7-15-34(39)33(25,29(24)31(32)41-34)16-17-36(26)19-21-13-14-21/h21-23,25-26,39H,3-19H2,1-2H3/t23?,25-,26+,33-,34+/m0/s1. The zero-order chi connectivity index (χ0) is 28.1. The zero-order valence-corrected chi connectivity index (χ0v) is 24.9. The molecule has 4 aliphatic carbocycles. The number of piperidine rings is 1. The van der Waals surface area contributed by atoms with Crippen molar-refractivity contribution < 1.29 is 24.2 Å². The topological polar surface area (TPSA) is 79.3 Å². The number of rotatable bonds is 4. The fraction of sp³-hybridized carbons (Fsp3) is 0.765. The van der Waals surface area contributed by atoms with Gasteiger partial charge < -0.3 is 19.5 Å².